The van der Waals surface area contributed by atoms with Crippen molar-refractivity contribution in [3.05, 3.63) is 23.7 Å². The van der Waals surface area contributed by atoms with Crippen LogP contribution in [0.1, 0.15) is 56.8 Å². The SMILES string of the molecule is CCCCCCc1coc(CCCCO)c1. The van der Waals surface area contributed by atoms with E-state index in [1.807, 2.05) is 6.26 Å². The van der Waals surface area contributed by atoms with E-state index in [0.29, 0.717) is 0 Å². The van der Waals surface area contributed by atoms with Gasteiger partial charge in [-0.15, -0.1) is 0 Å². The van der Waals surface area contributed by atoms with Crippen LogP contribution in [0.5, 0.6) is 0 Å². The first-order valence-electron chi connectivity index (χ1n) is 6.54. The number of aryl methyl sites for hydroxylation is 2. The summed E-state index contributed by atoms with van der Waals surface area (Å²) in [4.78, 5) is 0. The molecule has 1 rings (SSSR count). The van der Waals surface area contributed by atoms with Gasteiger partial charge in [-0.25, -0.2) is 0 Å². The molecule has 0 unspecified atom stereocenters. The summed E-state index contributed by atoms with van der Waals surface area (Å²) in [7, 11) is 0. The van der Waals surface area contributed by atoms with E-state index in [1.165, 1.54) is 31.2 Å². The molecular formula is C14H24O2. The Bertz CT molecular complexity index is 265. The molecule has 0 spiro atoms. The average Bonchev–Trinajstić information content (AvgIpc) is 2.73. The lowest BCUT2D eigenvalue weighted by Gasteiger charge is -1.96. The molecule has 0 bridgehead atoms. The maximum absolute atomic E-state index is 8.69. The lowest BCUT2D eigenvalue weighted by molar-refractivity contribution is 0.283. The van der Waals surface area contributed by atoms with E-state index in [1.54, 1.807) is 0 Å². The molecule has 16 heavy (non-hydrogen) atoms. The highest BCUT2D eigenvalue weighted by atomic mass is 16.3. The van der Waals surface area contributed by atoms with Gasteiger partial charge in [-0.3, -0.25) is 0 Å². The first-order chi connectivity index (χ1) is 7.86. The van der Waals surface area contributed by atoms with Gasteiger partial charge in [0.05, 0.1) is 6.26 Å². The smallest absolute Gasteiger partial charge is 0.104 e. The quantitative estimate of drug-likeness (QED) is 0.649. The van der Waals surface area contributed by atoms with E-state index in [4.69, 9.17) is 9.52 Å². The molecule has 0 fully saturated rings. The second kappa shape index (κ2) is 8.40. The first kappa shape index (κ1) is 13.3. The van der Waals surface area contributed by atoms with Crippen LogP contribution in [-0.2, 0) is 12.8 Å². The molecule has 0 saturated heterocycles. The first-order valence-corrected chi connectivity index (χ1v) is 6.54. The maximum Gasteiger partial charge on any atom is 0.104 e. The monoisotopic (exact) mass is 224 g/mol. The van der Waals surface area contributed by atoms with Crippen LogP contribution in [-0.4, -0.2) is 11.7 Å². The van der Waals surface area contributed by atoms with Crippen molar-refractivity contribution in [1.82, 2.24) is 0 Å². The van der Waals surface area contributed by atoms with Gasteiger partial charge in [0, 0.05) is 13.0 Å². The summed E-state index contributed by atoms with van der Waals surface area (Å²) < 4.78 is 5.49. The zero-order chi connectivity index (χ0) is 11.6. The van der Waals surface area contributed by atoms with Crippen LogP contribution in [0.3, 0.4) is 0 Å². The Morgan fingerprint density at radius 1 is 1.06 bits per heavy atom. The van der Waals surface area contributed by atoms with E-state index < -0.39 is 0 Å². The highest BCUT2D eigenvalue weighted by molar-refractivity contribution is 5.13. The molecule has 1 heterocycles. The third kappa shape index (κ3) is 5.36. The zero-order valence-corrected chi connectivity index (χ0v) is 10.4. The summed E-state index contributed by atoms with van der Waals surface area (Å²) in [5, 5.41) is 8.69. The van der Waals surface area contributed by atoms with Gasteiger partial charge in [0.15, 0.2) is 0 Å². The summed E-state index contributed by atoms with van der Waals surface area (Å²) >= 11 is 0. The predicted octanol–water partition coefficient (Wildman–Crippen LogP) is 3.72. The summed E-state index contributed by atoms with van der Waals surface area (Å²) in [5.41, 5.74) is 1.33. The van der Waals surface area contributed by atoms with Crippen molar-refractivity contribution < 1.29 is 9.52 Å². The van der Waals surface area contributed by atoms with Crippen LogP contribution in [0.25, 0.3) is 0 Å². The Morgan fingerprint density at radius 2 is 1.88 bits per heavy atom. The molecule has 0 atom stereocenters. The largest absolute Gasteiger partial charge is 0.469 e. The number of unbranched alkanes of at least 4 members (excludes halogenated alkanes) is 4. The highest BCUT2D eigenvalue weighted by Gasteiger charge is 2.01. The molecule has 0 aliphatic heterocycles. The Labute approximate surface area is 98.7 Å². The number of hydrogen-bond acceptors (Lipinski definition) is 2. The summed E-state index contributed by atoms with van der Waals surface area (Å²) in [6.45, 7) is 2.52. The van der Waals surface area contributed by atoms with E-state index in [0.717, 1.165) is 31.4 Å². The van der Waals surface area contributed by atoms with Crippen LogP contribution in [0.2, 0.25) is 0 Å². The van der Waals surface area contributed by atoms with Crippen molar-refractivity contribution in [2.75, 3.05) is 6.61 Å². The highest BCUT2D eigenvalue weighted by Crippen LogP contribution is 2.14. The Morgan fingerprint density at radius 3 is 2.62 bits per heavy atom. The Hall–Kier alpha value is -0.760. The standard InChI is InChI=1S/C14H24O2/c1-2-3-4-5-8-13-11-14(16-12-13)9-6-7-10-15/h11-12,15H,2-10H2,1H3. The van der Waals surface area contributed by atoms with Crippen molar-refractivity contribution in [3.63, 3.8) is 0 Å². The van der Waals surface area contributed by atoms with Gasteiger partial charge in [-0.1, -0.05) is 26.2 Å². The van der Waals surface area contributed by atoms with Gasteiger partial charge in [0.1, 0.15) is 5.76 Å². The number of hydrogen-bond donors (Lipinski definition) is 1. The fraction of sp³-hybridized carbons (Fsp3) is 0.714. The lowest BCUT2D eigenvalue weighted by atomic mass is 10.1. The molecule has 1 aromatic heterocycles. The third-order valence-electron chi connectivity index (χ3n) is 2.86. The topological polar surface area (TPSA) is 33.4 Å². The molecule has 2 heteroatoms. The van der Waals surface area contributed by atoms with Crippen LogP contribution in [0.15, 0.2) is 16.7 Å². The Kier molecular flexibility index (Phi) is 6.98. The maximum atomic E-state index is 8.69. The van der Waals surface area contributed by atoms with Crippen molar-refractivity contribution in [3.8, 4) is 0 Å². The fourth-order valence-corrected chi connectivity index (χ4v) is 1.86. The van der Waals surface area contributed by atoms with Gasteiger partial charge in [-0.2, -0.15) is 0 Å². The summed E-state index contributed by atoms with van der Waals surface area (Å²) in [6, 6.07) is 2.17. The minimum atomic E-state index is 0.282. The molecule has 0 saturated carbocycles. The summed E-state index contributed by atoms with van der Waals surface area (Å²) in [5.74, 6) is 1.07. The molecule has 2 nitrogen and oxygen atoms in total. The van der Waals surface area contributed by atoms with E-state index in [9.17, 15) is 0 Å². The molecule has 1 aromatic rings. The molecule has 92 valence electrons. The second-order valence-corrected chi connectivity index (χ2v) is 4.41. The van der Waals surface area contributed by atoms with Gasteiger partial charge in [0.2, 0.25) is 0 Å². The van der Waals surface area contributed by atoms with Crippen molar-refractivity contribution >= 4 is 0 Å². The van der Waals surface area contributed by atoms with E-state index >= 15 is 0 Å². The molecule has 0 radical (unpaired) electrons. The van der Waals surface area contributed by atoms with Crippen LogP contribution >= 0.6 is 0 Å². The average molecular weight is 224 g/mol. The molecule has 0 aliphatic carbocycles. The van der Waals surface area contributed by atoms with Crippen LogP contribution in [0, 0.1) is 0 Å². The molecule has 0 aliphatic rings. The minimum absolute atomic E-state index is 0.282. The normalized spacial score (nSPS) is 10.9. The summed E-state index contributed by atoms with van der Waals surface area (Å²) in [6.07, 6.45) is 11.1. The van der Waals surface area contributed by atoms with Gasteiger partial charge in [-0.05, 0) is 37.3 Å². The Balaban J connectivity index is 2.17. The van der Waals surface area contributed by atoms with Crippen LogP contribution in [0.4, 0.5) is 0 Å². The van der Waals surface area contributed by atoms with E-state index in [2.05, 4.69) is 13.0 Å². The van der Waals surface area contributed by atoms with E-state index in [-0.39, 0.29) is 6.61 Å². The van der Waals surface area contributed by atoms with Crippen molar-refractivity contribution in [2.45, 2.75) is 58.3 Å². The predicted molar refractivity (Wildman–Crippen MR) is 66.6 cm³/mol. The molecule has 0 amide bonds. The minimum Gasteiger partial charge on any atom is -0.469 e. The number of aliphatic hydroxyl groups is 1. The number of rotatable bonds is 9. The molecule has 1 N–H and O–H groups in total. The fourth-order valence-electron chi connectivity index (χ4n) is 1.86. The van der Waals surface area contributed by atoms with Gasteiger partial charge >= 0.3 is 0 Å². The number of furan rings is 1. The lowest BCUT2D eigenvalue weighted by Crippen LogP contribution is -1.86. The number of aliphatic hydroxyl groups excluding tert-OH is 1. The van der Waals surface area contributed by atoms with Crippen LogP contribution < -0.4 is 0 Å². The molecule has 0 aromatic carbocycles. The van der Waals surface area contributed by atoms with Gasteiger partial charge < -0.3 is 9.52 Å². The zero-order valence-electron chi connectivity index (χ0n) is 10.4. The van der Waals surface area contributed by atoms with Gasteiger partial charge in [0.25, 0.3) is 0 Å². The van der Waals surface area contributed by atoms with Crippen molar-refractivity contribution in [2.24, 2.45) is 0 Å². The van der Waals surface area contributed by atoms with Crippen molar-refractivity contribution in [1.29, 1.82) is 0 Å². The second-order valence-electron chi connectivity index (χ2n) is 4.41. The third-order valence-corrected chi connectivity index (χ3v) is 2.86. The molecular weight excluding hydrogens is 200 g/mol.